The van der Waals surface area contributed by atoms with Gasteiger partial charge in [-0.2, -0.15) is 0 Å². The third-order valence-corrected chi connectivity index (χ3v) is 4.17. The Hall–Kier alpha value is -1.06. The van der Waals surface area contributed by atoms with Crippen LogP contribution in [-0.2, 0) is 11.3 Å². The fourth-order valence-corrected chi connectivity index (χ4v) is 2.61. The highest BCUT2D eigenvalue weighted by molar-refractivity contribution is 6.31. The minimum Gasteiger partial charge on any atom is -0.351 e. The fourth-order valence-electron chi connectivity index (χ4n) is 2.40. The summed E-state index contributed by atoms with van der Waals surface area (Å²) in [5.74, 6) is 0.134. The van der Waals surface area contributed by atoms with Gasteiger partial charge in [0.2, 0.25) is 5.91 Å². The van der Waals surface area contributed by atoms with Gasteiger partial charge in [-0.3, -0.25) is 4.79 Å². The summed E-state index contributed by atoms with van der Waals surface area (Å²) in [5, 5.41) is 6.98. The molecular weight excluding hydrogens is 248 g/mol. The number of nitrogens with one attached hydrogen (secondary N) is 2. The molecule has 0 aromatic heterocycles. The highest BCUT2D eigenvalue weighted by atomic mass is 35.5. The second-order valence-corrected chi connectivity index (χ2v) is 5.24. The van der Waals surface area contributed by atoms with E-state index in [1.807, 2.05) is 24.3 Å². The topological polar surface area (TPSA) is 41.1 Å². The molecule has 1 aromatic rings. The van der Waals surface area contributed by atoms with Crippen molar-refractivity contribution in [1.82, 2.24) is 10.6 Å². The van der Waals surface area contributed by atoms with Crippen molar-refractivity contribution in [3.8, 4) is 0 Å². The standard InChI is InChI=1S/C14H19ClN2O/c1-2-14(7-8-16-10-14)13(18)17-9-11-5-3-4-6-12(11)15/h3-6,16H,2,7-10H2,1H3,(H,17,18). The maximum absolute atomic E-state index is 12.3. The van der Waals surface area contributed by atoms with Gasteiger partial charge in [0.15, 0.2) is 0 Å². The molecule has 1 unspecified atom stereocenters. The molecule has 1 aliphatic rings. The Kier molecular flexibility index (Phi) is 4.25. The van der Waals surface area contributed by atoms with Crippen LogP contribution in [0, 0.1) is 5.41 Å². The van der Waals surface area contributed by atoms with Gasteiger partial charge >= 0.3 is 0 Å². The smallest absolute Gasteiger partial charge is 0.227 e. The van der Waals surface area contributed by atoms with Crippen molar-refractivity contribution in [3.63, 3.8) is 0 Å². The van der Waals surface area contributed by atoms with E-state index in [0.29, 0.717) is 11.6 Å². The Bertz CT molecular complexity index is 428. The number of benzene rings is 1. The van der Waals surface area contributed by atoms with E-state index < -0.39 is 0 Å². The highest BCUT2D eigenvalue weighted by Gasteiger charge is 2.39. The number of amides is 1. The van der Waals surface area contributed by atoms with Crippen molar-refractivity contribution in [1.29, 1.82) is 0 Å². The van der Waals surface area contributed by atoms with Gasteiger partial charge in [0.1, 0.15) is 0 Å². The molecule has 0 saturated carbocycles. The molecule has 3 nitrogen and oxygen atoms in total. The second kappa shape index (κ2) is 5.72. The summed E-state index contributed by atoms with van der Waals surface area (Å²) >= 11 is 6.07. The minimum atomic E-state index is -0.235. The van der Waals surface area contributed by atoms with Gasteiger partial charge in [0, 0.05) is 18.1 Å². The average Bonchev–Trinajstić information content (AvgIpc) is 2.87. The third-order valence-electron chi connectivity index (χ3n) is 3.80. The molecule has 2 rings (SSSR count). The van der Waals surface area contributed by atoms with E-state index in [1.165, 1.54) is 0 Å². The first-order valence-electron chi connectivity index (χ1n) is 6.40. The van der Waals surface area contributed by atoms with E-state index >= 15 is 0 Å². The van der Waals surface area contributed by atoms with Crippen LogP contribution in [0.1, 0.15) is 25.3 Å². The third kappa shape index (κ3) is 2.68. The Morgan fingerprint density at radius 2 is 2.28 bits per heavy atom. The van der Waals surface area contributed by atoms with Gasteiger partial charge in [-0.1, -0.05) is 36.7 Å². The van der Waals surface area contributed by atoms with Crippen molar-refractivity contribution < 1.29 is 4.79 Å². The minimum absolute atomic E-state index is 0.134. The van der Waals surface area contributed by atoms with Gasteiger partial charge < -0.3 is 10.6 Å². The Balaban J connectivity index is 1.98. The molecule has 4 heteroatoms. The normalized spacial score (nSPS) is 23.0. The number of carbonyl (C=O) groups is 1. The van der Waals surface area contributed by atoms with E-state index in [-0.39, 0.29) is 11.3 Å². The average molecular weight is 267 g/mol. The molecule has 1 aromatic carbocycles. The molecule has 1 amide bonds. The maximum Gasteiger partial charge on any atom is 0.227 e. The van der Waals surface area contributed by atoms with E-state index in [2.05, 4.69) is 17.6 Å². The van der Waals surface area contributed by atoms with Gasteiger partial charge in [-0.05, 0) is 31.0 Å². The number of halogens is 1. The summed E-state index contributed by atoms with van der Waals surface area (Å²) in [6, 6.07) is 7.60. The molecule has 1 fully saturated rings. The number of hydrogen-bond acceptors (Lipinski definition) is 2. The van der Waals surface area contributed by atoms with Crippen molar-refractivity contribution >= 4 is 17.5 Å². The quantitative estimate of drug-likeness (QED) is 0.878. The second-order valence-electron chi connectivity index (χ2n) is 4.83. The van der Waals surface area contributed by atoms with Crippen LogP contribution in [0.3, 0.4) is 0 Å². The fraction of sp³-hybridized carbons (Fsp3) is 0.500. The molecule has 1 heterocycles. The highest BCUT2D eigenvalue weighted by Crippen LogP contribution is 2.29. The summed E-state index contributed by atoms with van der Waals surface area (Å²) in [7, 11) is 0. The Labute approximate surface area is 113 Å². The Morgan fingerprint density at radius 3 is 2.89 bits per heavy atom. The molecule has 0 spiro atoms. The zero-order chi connectivity index (χ0) is 13.0. The van der Waals surface area contributed by atoms with Crippen molar-refractivity contribution in [3.05, 3.63) is 34.9 Å². The molecule has 1 saturated heterocycles. The van der Waals surface area contributed by atoms with Crippen LogP contribution in [-0.4, -0.2) is 19.0 Å². The summed E-state index contributed by atoms with van der Waals surface area (Å²) < 4.78 is 0. The van der Waals surface area contributed by atoms with Gasteiger partial charge in [0.05, 0.1) is 5.41 Å². The zero-order valence-corrected chi connectivity index (χ0v) is 11.4. The van der Waals surface area contributed by atoms with E-state index in [0.717, 1.165) is 31.5 Å². The van der Waals surface area contributed by atoms with Crippen LogP contribution >= 0.6 is 11.6 Å². The molecular formula is C14H19ClN2O. The first kappa shape index (κ1) is 13.4. The predicted molar refractivity (Wildman–Crippen MR) is 73.5 cm³/mol. The number of rotatable bonds is 4. The Morgan fingerprint density at radius 1 is 1.50 bits per heavy atom. The van der Waals surface area contributed by atoms with E-state index in [1.54, 1.807) is 0 Å². The number of carbonyl (C=O) groups excluding carboxylic acids is 1. The lowest BCUT2D eigenvalue weighted by Crippen LogP contribution is -2.41. The largest absolute Gasteiger partial charge is 0.351 e. The summed E-state index contributed by atoms with van der Waals surface area (Å²) in [6.07, 6.45) is 1.78. The molecule has 0 aliphatic carbocycles. The molecule has 18 heavy (non-hydrogen) atoms. The monoisotopic (exact) mass is 266 g/mol. The van der Waals surface area contributed by atoms with Gasteiger partial charge in [-0.15, -0.1) is 0 Å². The van der Waals surface area contributed by atoms with Crippen LogP contribution < -0.4 is 10.6 Å². The molecule has 0 bridgehead atoms. The maximum atomic E-state index is 12.3. The van der Waals surface area contributed by atoms with Crippen LogP contribution in [0.15, 0.2) is 24.3 Å². The first-order chi connectivity index (χ1) is 8.68. The molecule has 2 N–H and O–H groups in total. The SMILES string of the molecule is CCC1(C(=O)NCc2ccccc2Cl)CCNC1. The van der Waals surface area contributed by atoms with Gasteiger partial charge in [-0.25, -0.2) is 0 Å². The summed E-state index contributed by atoms with van der Waals surface area (Å²) in [6.45, 7) is 4.27. The summed E-state index contributed by atoms with van der Waals surface area (Å²) in [5.41, 5.74) is 0.728. The van der Waals surface area contributed by atoms with Crippen LogP contribution in [0.4, 0.5) is 0 Å². The zero-order valence-electron chi connectivity index (χ0n) is 10.6. The molecule has 1 aliphatic heterocycles. The lowest BCUT2D eigenvalue weighted by atomic mass is 9.83. The van der Waals surface area contributed by atoms with Crippen LogP contribution in [0.5, 0.6) is 0 Å². The summed E-state index contributed by atoms with van der Waals surface area (Å²) in [4.78, 5) is 12.3. The predicted octanol–water partition coefficient (Wildman–Crippen LogP) is 2.35. The van der Waals surface area contributed by atoms with E-state index in [9.17, 15) is 4.79 Å². The van der Waals surface area contributed by atoms with Gasteiger partial charge in [0.25, 0.3) is 0 Å². The first-order valence-corrected chi connectivity index (χ1v) is 6.78. The van der Waals surface area contributed by atoms with Crippen molar-refractivity contribution in [2.75, 3.05) is 13.1 Å². The van der Waals surface area contributed by atoms with Crippen molar-refractivity contribution in [2.45, 2.75) is 26.3 Å². The van der Waals surface area contributed by atoms with Crippen LogP contribution in [0.2, 0.25) is 5.02 Å². The lowest BCUT2D eigenvalue weighted by Gasteiger charge is -2.25. The molecule has 0 radical (unpaired) electrons. The lowest BCUT2D eigenvalue weighted by molar-refractivity contribution is -0.130. The van der Waals surface area contributed by atoms with E-state index in [4.69, 9.17) is 11.6 Å². The van der Waals surface area contributed by atoms with Crippen molar-refractivity contribution in [2.24, 2.45) is 5.41 Å². The number of hydrogen-bond donors (Lipinski definition) is 2. The molecule has 98 valence electrons. The molecule has 1 atom stereocenters. The van der Waals surface area contributed by atoms with Crippen LogP contribution in [0.25, 0.3) is 0 Å².